The molecule has 1 nitrogen and oxygen atoms in total. The standard InChI is InChI=1S/C14H14FN.ClH/c1-10-7-8-13(15)12(9-10)14(16)11-5-3-2-4-6-11;/h2-9,14H,16H2,1H3;1H. The van der Waals surface area contributed by atoms with E-state index in [0.29, 0.717) is 5.56 Å². The zero-order valence-electron chi connectivity index (χ0n) is 9.66. The van der Waals surface area contributed by atoms with Crippen molar-refractivity contribution in [1.29, 1.82) is 0 Å². The van der Waals surface area contributed by atoms with Gasteiger partial charge >= 0.3 is 0 Å². The SMILES string of the molecule is Cc1ccc(F)c(C([NH3+])c2ccccc2)c1.[Cl-]. The average molecular weight is 252 g/mol. The first-order valence-corrected chi connectivity index (χ1v) is 5.32. The van der Waals surface area contributed by atoms with Gasteiger partial charge in [0.05, 0.1) is 0 Å². The van der Waals surface area contributed by atoms with E-state index in [2.05, 4.69) is 5.73 Å². The van der Waals surface area contributed by atoms with Crippen LogP contribution in [0.4, 0.5) is 4.39 Å². The molecule has 3 heteroatoms. The van der Waals surface area contributed by atoms with Gasteiger partial charge in [-0.25, -0.2) is 4.39 Å². The van der Waals surface area contributed by atoms with Gasteiger partial charge in [-0.05, 0) is 19.1 Å². The number of benzene rings is 2. The summed E-state index contributed by atoms with van der Waals surface area (Å²) < 4.78 is 13.7. The van der Waals surface area contributed by atoms with Crippen LogP contribution in [0, 0.1) is 12.7 Å². The Bertz CT molecular complexity index is 485. The first kappa shape index (κ1) is 13.7. The molecule has 3 N–H and O–H groups in total. The Balaban J connectivity index is 0.00000144. The summed E-state index contributed by atoms with van der Waals surface area (Å²) in [5.74, 6) is -0.186. The molecule has 1 atom stereocenters. The molecular weight excluding hydrogens is 237 g/mol. The van der Waals surface area contributed by atoms with Crippen molar-refractivity contribution in [1.82, 2.24) is 0 Å². The molecule has 0 amide bonds. The molecule has 1 unspecified atom stereocenters. The highest BCUT2D eigenvalue weighted by atomic mass is 35.5. The molecule has 0 aliphatic heterocycles. The first-order valence-electron chi connectivity index (χ1n) is 5.32. The molecule has 0 saturated carbocycles. The fourth-order valence-electron chi connectivity index (χ4n) is 1.80. The van der Waals surface area contributed by atoms with Crippen molar-refractivity contribution < 1.29 is 22.5 Å². The van der Waals surface area contributed by atoms with Gasteiger partial charge in [-0.1, -0.05) is 42.0 Å². The number of hydrogen-bond acceptors (Lipinski definition) is 0. The summed E-state index contributed by atoms with van der Waals surface area (Å²) in [6, 6.07) is 14.8. The first-order chi connectivity index (χ1) is 7.68. The number of quaternary nitrogens is 1. The van der Waals surface area contributed by atoms with Crippen molar-refractivity contribution in [3.05, 3.63) is 71.0 Å². The second-order valence-corrected chi connectivity index (χ2v) is 3.99. The Kier molecular flexibility index (Phi) is 4.67. The summed E-state index contributed by atoms with van der Waals surface area (Å²) in [5.41, 5.74) is 6.79. The molecule has 0 fully saturated rings. The van der Waals surface area contributed by atoms with Gasteiger partial charge in [0, 0.05) is 11.1 Å². The largest absolute Gasteiger partial charge is 1.00 e. The van der Waals surface area contributed by atoms with Crippen molar-refractivity contribution in [3.8, 4) is 0 Å². The highest BCUT2D eigenvalue weighted by Gasteiger charge is 2.16. The van der Waals surface area contributed by atoms with Gasteiger partial charge in [-0.3, -0.25) is 0 Å². The Hall–Kier alpha value is -1.38. The summed E-state index contributed by atoms with van der Waals surface area (Å²) in [4.78, 5) is 0. The summed E-state index contributed by atoms with van der Waals surface area (Å²) in [6.45, 7) is 1.96. The van der Waals surface area contributed by atoms with E-state index in [-0.39, 0.29) is 24.3 Å². The van der Waals surface area contributed by atoms with Gasteiger partial charge in [-0.15, -0.1) is 0 Å². The quantitative estimate of drug-likeness (QED) is 0.743. The molecule has 0 heterocycles. The lowest BCUT2D eigenvalue weighted by Crippen LogP contribution is -3.00. The maximum atomic E-state index is 13.7. The Morgan fingerprint density at radius 1 is 1.06 bits per heavy atom. The fourth-order valence-corrected chi connectivity index (χ4v) is 1.80. The van der Waals surface area contributed by atoms with Crippen molar-refractivity contribution >= 4 is 0 Å². The molecule has 2 aromatic carbocycles. The number of aryl methyl sites for hydroxylation is 1. The topological polar surface area (TPSA) is 27.6 Å². The molecule has 0 aromatic heterocycles. The van der Waals surface area contributed by atoms with Crippen molar-refractivity contribution in [3.63, 3.8) is 0 Å². The molecule has 2 rings (SSSR count). The van der Waals surface area contributed by atoms with Gasteiger partial charge < -0.3 is 18.1 Å². The second-order valence-electron chi connectivity index (χ2n) is 3.99. The summed E-state index contributed by atoms with van der Waals surface area (Å²) in [6.07, 6.45) is 0. The minimum atomic E-state index is -0.186. The van der Waals surface area contributed by atoms with Crippen LogP contribution in [-0.4, -0.2) is 0 Å². The molecule has 0 radical (unpaired) electrons. The van der Waals surface area contributed by atoms with Gasteiger partial charge in [0.25, 0.3) is 0 Å². The summed E-state index contributed by atoms with van der Waals surface area (Å²) >= 11 is 0. The fraction of sp³-hybridized carbons (Fsp3) is 0.143. The molecule has 0 saturated heterocycles. The second kappa shape index (κ2) is 5.80. The smallest absolute Gasteiger partial charge is 0.139 e. The third-order valence-electron chi connectivity index (χ3n) is 2.73. The van der Waals surface area contributed by atoms with Gasteiger partial charge in [0.15, 0.2) is 0 Å². The monoisotopic (exact) mass is 251 g/mol. The van der Waals surface area contributed by atoms with Crippen LogP contribution in [0.2, 0.25) is 0 Å². The predicted octanol–water partition coefficient (Wildman–Crippen LogP) is -0.531. The Morgan fingerprint density at radius 3 is 2.35 bits per heavy atom. The van der Waals surface area contributed by atoms with Gasteiger partial charge in [0.1, 0.15) is 11.9 Å². The molecular formula is C14H15ClFN. The molecule has 0 aliphatic carbocycles. The minimum absolute atomic E-state index is 0. The predicted molar refractivity (Wildman–Crippen MR) is 62.3 cm³/mol. The molecule has 0 spiro atoms. The maximum absolute atomic E-state index is 13.7. The van der Waals surface area contributed by atoms with Crippen molar-refractivity contribution in [2.75, 3.05) is 0 Å². The van der Waals surface area contributed by atoms with E-state index in [9.17, 15) is 4.39 Å². The average Bonchev–Trinajstić information content (AvgIpc) is 2.32. The van der Waals surface area contributed by atoms with Crippen LogP contribution in [0.5, 0.6) is 0 Å². The van der Waals surface area contributed by atoms with E-state index in [4.69, 9.17) is 0 Å². The number of rotatable bonds is 2. The number of hydrogen-bond donors (Lipinski definition) is 1. The third kappa shape index (κ3) is 3.05. The third-order valence-corrected chi connectivity index (χ3v) is 2.73. The van der Waals surface area contributed by atoms with Crippen LogP contribution < -0.4 is 18.1 Å². The lowest BCUT2D eigenvalue weighted by Gasteiger charge is -2.10. The van der Waals surface area contributed by atoms with Gasteiger partial charge in [0.2, 0.25) is 0 Å². The molecule has 0 bridgehead atoms. The van der Waals surface area contributed by atoms with E-state index >= 15 is 0 Å². The van der Waals surface area contributed by atoms with Crippen molar-refractivity contribution in [2.45, 2.75) is 13.0 Å². The molecule has 2 aromatic rings. The number of halogens is 2. The lowest BCUT2D eigenvalue weighted by atomic mass is 9.98. The molecule has 90 valence electrons. The molecule has 17 heavy (non-hydrogen) atoms. The van der Waals surface area contributed by atoms with E-state index in [1.165, 1.54) is 6.07 Å². The summed E-state index contributed by atoms with van der Waals surface area (Å²) in [5, 5.41) is 0. The normalized spacial score (nSPS) is 11.7. The maximum Gasteiger partial charge on any atom is 0.139 e. The van der Waals surface area contributed by atoms with Crippen LogP contribution in [0.1, 0.15) is 22.7 Å². The lowest BCUT2D eigenvalue weighted by molar-refractivity contribution is -0.412. The van der Waals surface area contributed by atoms with Crippen LogP contribution in [0.25, 0.3) is 0 Å². The Morgan fingerprint density at radius 2 is 1.71 bits per heavy atom. The van der Waals surface area contributed by atoms with E-state index < -0.39 is 0 Å². The Labute approximate surface area is 107 Å². The zero-order valence-corrected chi connectivity index (χ0v) is 10.4. The van der Waals surface area contributed by atoms with E-state index in [0.717, 1.165) is 11.1 Å². The van der Waals surface area contributed by atoms with Crippen LogP contribution in [0.3, 0.4) is 0 Å². The zero-order chi connectivity index (χ0) is 11.5. The van der Waals surface area contributed by atoms with Crippen LogP contribution in [-0.2, 0) is 0 Å². The van der Waals surface area contributed by atoms with Gasteiger partial charge in [-0.2, -0.15) is 0 Å². The van der Waals surface area contributed by atoms with Crippen LogP contribution >= 0.6 is 0 Å². The molecule has 0 aliphatic rings. The highest BCUT2D eigenvalue weighted by Crippen LogP contribution is 2.21. The minimum Gasteiger partial charge on any atom is -1.00 e. The van der Waals surface area contributed by atoms with E-state index in [1.807, 2.05) is 43.3 Å². The van der Waals surface area contributed by atoms with Crippen LogP contribution in [0.15, 0.2) is 48.5 Å². The van der Waals surface area contributed by atoms with Crippen molar-refractivity contribution in [2.24, 2.45) is 0 Å². The highest BCUT2D eigenvalue weighted by molar-refractivity contribution is 5.32. The van der Waals surface area contributed by atoms with E-state index in [1.54, 1.807) is 6.07 Å². The summed E-state index contributed by atoms with van der Waals surface area (Å²) in [7, 11) is 0.